The maximum Gasteiger partial charge on any atom is 0.254 e. The van der Waals surface area contributed by atoms with Gasteiger partial charge >= 0.3 is 0 Å². The Balaban J connectivity index is 1.44. The summed E-state index contributed by atoms with van der Waals surface area (Å²) in [6.07, 6.45) is -3.78. The number of rotatable bonds is 12. The Kier molecular flexibility index (Phi) is 9.61. The molecule has 1 aliphatic rings. The van der Waals surface area contributed by atoms with Crippen molar-refractivity contribution in [3.05, 3.63) is 108 Å². The van der Waals surface area contributed by atoms with E-state index in [0.717, 1.165) is 16.7 Å². The summed E-state index contributed by atoms with van der Waals surface area (Å²) in [7, 11) is 0. The molecular formula is C29H33NO6. The highest BCUT2D eigenvalue weighted by molar-refractivity contribution is 5.83. The van der Waals surface area contributed by atoms with E-state index in [1.165, 1.54) is 4.90 Å². The van der Waals surface area contributed by atoms with Gasteiger partial charge in [0.05, 0.1) is 39.1 Å². The number of likely N-dealkylation sites (tertiary alicyclic amines) is 1. The molecule has 0 aliphatic carbocycles. The van der Waals surface area contributed by atoms with Gasteiger partial charge in [0.25, 0.3) is 5.91 Å². The number of hydrogen-bond acceptors (Lipinski definition) is 6. The predicted octanol–water partition coefficient (Wildman–Crippen LogP) is 2.94. The zero-order valence-electron chi connectivity index (χ0n) is 20.2. The first-order valence-corrected chi connectivity index (χ1v) is 12.2. The maximum atomic E-state index is 13.0. The van der Waals surface area contributed by atoms with Crippen LogP contribution in [-0.2, 0) is 38.8 Å². The molecule has 0 bridgehead atoms. The fourth-order valence-corrected chi connectivity index (χ4v) is 4.30. The van der Waals surface area contributed by atoms with Gasteiger partial charge in [-0.2, -0.15) is 0 Å². The lowest BCUT2D eigenvalue weighted by molar-refractivity contribution is -0.192. The van der Waals surface area contributed by atoms with Crippen molar-refractivity contribution in [1.82, 2.24) is 4.90 Å². The van der Waals surface area contributed by atoms with Crippen molar-refractivity contribution in [2.75, 3.05) is 19.8 Å². The van der Waals surface area contributed by atoms with Crippen LogP contribution in [0.5, 0.6) is 0 Å². The summed E-state index contributed by atoms with van der Waals surface area (Å²) in [5, 5.41) is 21.3. The summed E-state index contributed by atoms with van der Waals surface area (Å²) in [4.78, 5) is 14.5. The summed E-state index contributed by atoms with van der Waals surface area (Å²) in [6, 6.07) is 28.5. The number of benzene rings is 3. The van der Waals surface area contributed by atoms with Gasteiger partial charge in [0.15, 0.2) is 6.10 Å². The van der Waals surface area contributed by atoms with Crippen LogP contribution >= 0.6 is 0 Å². The molecule has 4 atom stereocenters. The molecule has 0 saturated carbocycles. The molecule has 3 aromatic rings. The van der Waals surface area contributed by atoms with Crippen molar-refractivity contribution in [1.29, 1.82) is 0 Å². The van der Waals surface area contributed by atoms with Gasteiger partial charge < -0.3 is 29.3 Å². The first-order valence-electron chi connectivity index (χ1n) is 12.2. The molecule has 190 valence electrons. The predicted molar refractivity (Wildman–Crippen MR) is 135 cm³/mol. The summed E-state index contributed by atoms with van der Waals surface area (Å²) >= 11 is 0. The zero-order valence-corrected chi connectivity index (χ0v) is 20.2. The first-order chi connectivity index (χ1) is 17.6. The molecule has 36 heavy (non-hydrogen) atoms. The zero-order chi connectivity index (χ0) is 25.2. The Morgan fingerprint density at radius 1 is 0.694 bits per heavy atom. The highest BCUT2D eigenvalue weighted by Gasteiger charge is 2.48. The minimum atomic E-state index is -1.58. The monoisotopic (exact) mass is 491 g/mol. The highest BCUT2D eigenvalue weighted by atomic mass is 16.5. The number of ether oxygens (including phenoxy) is 3. The largest absolute Gasteiger partial charge is 0.387 e. The Morgan fingerprint density at radius 2 is 1.19 bits per heavy atom. The first kappa shape index (κ1) is 26.0. The number of carbonyl (C=O) groups is 1. The molecule has 7 nitrogen and oxygen atoms in total. The number of hydrogen-bond donors (Lipinski definition) is 2. The lowest BCUT2D eigenvalue weighted by atomic mass is 9.93. The molecule has 4 rings (SSSR count). The van der Waals surface area contributed by atoms with Crippen LogP contribution in [0.15, 0.2) is 91.0 Å². The summed E-state index contributed by atoms with van der Waals surface area (Å²) < 4.78 is 17.9. The molecule has 0 unspecified atom stereocenters. The number of piperidine rings is 1. The molecule has 3 aromatic carbocycles. The maximum absolute atomic E-state index is 13.0. The molecule has 1 amide bonds. The SMILES string of the molecule is O=C1[C@@H](O)[C@@H](O)[C@H](OCc2ccccc2)[C@@H](COCc2ccccc2)N1CCOCc1ccccc1. The topological polar surface area (TPSA) is 88.5 Å². The molecule has 1 fully saturated rings. The summed E-state index contributed by atoms with van der Waals surface area (Å²) in [6.45, 7) is 1.65. The van der Waals surface area contributed by atoms with E-state index in [9.17, 15) is 15.0 Å². The van der Waals surface area contributed by atoms with Crippen LogP contribution in [0.25, 0.3) is 0 Å². The Hall–Kier alpha value is -3.07. The Morgan fingerprint density at radius 3 is 1.75 bits per heavy atom. The number of carbonyl (C=O) groups excluding carboxylic acids is 1. The van der Waals surface area contributed by atoms with Gasteiger partial charge in [-0.1, -0.05) is 91.0 Å². The minimum absolute atomic E-state index is 0.141. The van der Waals surface area contributed by atoms with E-state index in [-0.39, 0.29) is 26.4 Å². The third-order valence-electron chi connectivity index (χ3n) is 6.25. The minimum Gasteiger partial charge on any atom is -0.387 e. The van der Waals surface area contributed by atoms with E-state index in [4.69, 9.17) is 14.2 Å². The quantitative estimate of drug-likeness (QED) is 0.379. The van der Waals surface area contributed by atoms with E-state index in [1.807, 2.05) is 91.0 Å². The standard InChI is InChI=1S/C29H33NO6/c31-26-27(32)29(33)30(16-17-34-18-22-10-4-1-5-11-22)25(21-35-19-23-12-6-2-7-13-23)28(26)36-20-24-14-8-3-9-15-24/h1-15,25-28,31-32H,16-21H2/t25-,26-,27+,28-/m1/s1. The average molecular weight is 492 g/mol. The van der Waals surface area contributed by atoms with Gasteiger partial charge in [0.2, 0.25) is 0 Å². The number of nitrogens with zero attached hydrogens (tertiary/aromatic N) is 1. The highest BCUT2D eigenvalue weighted by Crippen LogP contribution is 2.25. The van der Waals surface area contributed by atoms with Crippen LogP contribution < -0.4 is 0 Å². The third-order valence-corrected chi connectivity index (χ3v) is 6.25. The van der Waals surface area contributed by atoms with Crippen molar-refractivity contribution >= 4 is 5.91 Å². The van der Waals surface area contributed by atoms with Gasteiger partial charge in [-0.3, -0.25) is 4.79 Å². The van der Waals surface area contributed by atoms with Crippen LogP contribution in [0.2, 0.25) is 0 Å². The molecule has 0 aromatic heterocycles. The second-order valence-electron chi connectivity index (χ2n) is 8.83. The van der Waals surface area contributed by atoms with Crippen LogP contribution in [0.1, 0.15) is 16.7 Å². The molecule has 0 spiro atoms. The van der Waals surface area contributed by atoms with Crippen LogP contribution in [0, 0.1) is 0 Å². The smallest absolute Gasteiger partial charge is 0.254 e. The number of amides is 1. The molecule has 0 radical (unpaired) electrons. The van der Waals surface area contributed by atoms with Gasteiger partial charge in [-0.25, -0.2) is 0 Å². The van der Waals surface area contributed by atoms with Crippen molar-refractivity contribution in [3.63, 3.8) is 0 Å². The molecule has 1 heterocycles. The van der Waals surface area contributed by atoms with E-state index in [0.29, 0.717) is 13.2 Å². The number of aliphatic hydroxyl groups excluding tert-OH is 2. The van der Waals surface area contributed by atoms with Gasteiger partial charge in [-0.15, -0.1) is 0 Å². The van der Waals surface area contributed by atoms with E-state index in [1.54, 1.807) is 0 Å². The second kappa shape index (κ2) is 13.3. The summed E-state index contributed by atoms with van der Waals surface area (Å²) in [5.41, 5.74) is 2.96. The molecular weight excluding hydrogens is 458 g/mol. The molecule has 7 heteroatoms. The number of aliphatic hydroxyl groups is 2. The lowest BCUT2D eigenvalue weighted by Gasteiger charge is -2.45. The average Bonchev–Trinajstić information content (AvgIpc) is 2.92. The Bertz CT molecular complexity index is 1050. The molecule has 2 N–H and O–H groups in total. The third kappa shape index (κ3) is 7.00. The van der Waals surface area contributed by atoms with Crippen molar-refractivity contribution in [3.8, 4) is 0 Å². The van der Waals surface area contributed by atoms with Crippen molar-refractivity contribution in [2.45, 2.75) is 44.2 Å². The van der Waals surface area contributed by atoms with Crippen LogP contribution in [-0.4, -0.2) is 65.1 Å². The van der Waals surface area contributed by atoms with Gasteiger partial charge in [0.1, 0.15) is 12.2 Å². The Labute approximate surface area is 211 Å². The van der Waals surface area contributed by atoms with Crippen molar-refractivity contribution in [2.24, 2.45) is 0 Å². The van der Waals surface area contributed by atoms with Gasteiger partial charge in [-0.05, 0) is 16.7 Å². The van der Waals surface area contributed by atoms with Crippen LogP contribution in [0.3, 0.4) is 0 Å². The summed E-state index contributed by atoms with van der Waals surface area (Å²) in [5.74, 6) is -0.557. The fraction of sp³-hybridized carbons (Fsp3) is 0.345. The normalized spacial score (nSPS) is 22.1. The fourth-order valence-electron chi connectivity index (χ4n) is 4.30. The lowest BCUT2D eigenvalue weighted by Crippen LogP contribution is -2.66. The molecule has 1 aliphatic heterocycles. The van der Waals surface area contributed by atoms with E-state index >= 15 is 0 Å². The second-order valence-corrected chi connectivity index (χ2v) is 8.83. The molecule has 1 saturated heterocycles. The van der Waals surface area contributed by atoms with E-state index < -0.39 is 30.3 Å². The van der Waals surface area contributed by atoms with Gasteiger partial charge in [0, 0.05) is 6.54 Å². The van der Waals surface area contributed by atoms with E-state index in [2.05, 4.69) is 0 Å². The van der Waals surface area contributed by atoms with Crippen molar-refractivity contribution < 1.29 is 29.2 Å². The van der Waals surface area contributed by atoms with Crippen LogP contribution in [0.4, 0.5) is 0 Å².